The average molecular weight is 234 g/mol. The molecule has 18 heavy (non-hydrogen) atoms. The van der Waals surface area contributed by atoms with E-state index in [4.69, 9.17) is 0 Å². The van der Waals surface area contributed by atoms with Crippen LogP contribution in [0.1, 0.15) is 0 Å². The molecule has 0 N–H and O–H groups in total. The smallest absolute Gasteiger partial charge is 0.116 e. The highest BCUT2D eigenvalue weighted by molar-refractivity contribution is 5.75. The van der Waals surface area contributed by atoms with Crippen LogP contribution in [0.4, 0.5) is 0 Å². The fourth-order valence-electron chi connectivity index (χ4n) is 1.75. The predicted molar refractivity (Wildman–Crippen MR) is 68.5 cm³/mol. The van der Waals surface area contributed by atoms with Crippen LogP contribution in [0.3, 0.4) is 0 Å². The maximum atomic E-state index is 4.33. The Morgan fingerprint density at radius 1 is 0.722 bits per heavy atom. The van der Waals surface area contributed by atoms with Crippen LogP contribution >= 0.6 is 0 Å². The summed E-state index contributed by atoms with van der Waals surface area (Å²) in [5, 5.41) is 0. The van der Waals surface area contributed by atoms with Crippen LogP contribution in [0.25, 0.3) is 22.6 Å². The minimum absolute atomic E-state index is 0.796. The summed E-state index contributed by atoms with van der Waals surface area (Å²) < 4.78 is 0. The summed E-state index contributed by atoms with van der Waals surface area (Å²) >= 11 is 0. The van der Waals surface area contributed by atoms with Gasteiger partial charge in [0.15, 0.2) is 0 Å². The van der Waals surface area contributed by atoms with E-state index in [1.807, 2.05) is 36.4 Å². The summed E-state index contributed by atoms with van der Waals surface area (Å²) in [5.41, 5.74) is 3.35. The molecule has 3 aromatic rings. The topological polar surface area (TPSA) is 51.6 Å². The molecule has 0 aromatic carbocycles. The lowest BCUT2D eigenvalue weighted by Gasteiger charge is -2.06. The van der Waals surface area contributed by atoms with E-state index in [9.17, 15) is 0 Å². The molecule has 0 radical (unpaired) electrons. The highest BCUT2D eigenvalue weighted by atomic mass is 14.9. The molecule has 86 valence electrons. The lowest BCUT2D eigenvalue weighted by atomic mass is 10.1. The Hall–Kier alpha value is -2.62. The van der Waals surface area contributed by atoms with Crippen LogP contribution < -0.4 is 0 Å². The fraction of sp³-hybridized carbons (Fsp3) is 0. The fourth-order valence-corrected chi connectivity index (χ4v) is 1.75. The highest BCUT2D eigenvalue weighted by Gasteiger charge is 2.10. The molecule has 0 aliphatic rings. The third kappa shape index (κ3) is 1.96. The van der Waals surface area contributed by atoms with Crippen molar-refractivity contribution in [3.63, 3.8) is 0 Å². The minimum Gasteiger partial charge on any atom is -0.256 e. The molecular weight excluding hydrogens is 224 g/mol. The van der Waals surface area contributed by atoms with Crippen molar-refractivity contribution in [1.29, 1.82) is 0 Å². The van der Waals surface area contributed by atoms with Crippen molar-refractivity contribution in [2.45, 2.75) is 0 Å². The molecule has 0 unspecified atom stereocenters. The van der Waals surface area contributed by atoms with Crippen LogP contribution in [0.5, 0.6) is 0 Å². The van der Waals surface area contributed by atoms with Crippen molar-refractivity contribution in [2.24, 2.45) is 0 Å². The first-order valence-corrected chi connectivity index (χ1v) is 5.58. The lowest BCUT2D eigenvalue weighted by molar-refractivity contribution is 1.14. The molecule has 0 saturated carbocycles. The number of nitrogens with zero attached hydrogens (tertiary/aromatic N) is 4. The largest absolute Gasteiger partial charge is 0.256 e. The second-order valence-electron chi connectivity index (χ2n) is 3.71. The normalized spacial score (nSPS) is 10.2. The van der Waals surface area contributed by atoms with Crippen molar-refractivity contribution in [3.05, 3.63) is 61.3 Å². The third-order valence-corrected chi connectivity index (χ3v) is 2.56. The number of aromatic nitrogens is 4. The zero-order valence-electron chi connectivity index (χ0n) is 9.56. The highest BCUT2D eigenvalue weighted by Crippen LogP contribution is 2.26. The molecule has 3 rings (SSSR count). The van der Waals surface area contributed by atoms with Gasteiger partial charge in [-0.05, 0) is 24.3 Å². The second kappa shape index (κ2) is 4.71. The van der Waals surface area contributed by atoms with E-state index in [-0.39, 0.29) is 0 Å². The number of hydrogen-bond acceptors (Lipinski definition) is 4. The Labute approximate surface area is 104 Å². The Morgan fingerprint density at radius 2 is 1.44 bits per heavy atom. The van der Waals surface area contributed by atoms with Crippen molar-refractivity contribution in [3.8, 4) is 22.6 Å². The van der Waals surface area contributed by atoms with Gasteiger partial charge in [0, 0.05) is 24.2 Å². The molecule has 4 heteroatoms. The zero-order valence-corrected chi connectivity index (χ0v) is 9.56. The van der Waals surface area contributed by atoms with Gasteiger partial charge in [0.05, 0.1) is 11.4 Å². The summed E-state index contributed by atoms with van der Waals surface area (Å²) in [6.45, 7) is 0. The van der Waals surface area contributed by atoms with Gasteiger partial charge in [0.25, 0.3) is 0 Å². The summed E-state index contributed by atoms with van der Waals surface area (Å²) in [6, 6.07) is 11.5. The molecule has 0 atom stereocenters. The Balaban J connectivity index is 2.18. The monoisotopic (exact) mass is 234 g/mol. The van der Waals surface area contributed by atoms with Crippen molar-refractivity contribution < 1.29 is 0 Å². The number of rotatable bonds is 2. The molecule has 4 nitrogen and oxygen atoms in total. The first kappa shape index (κ1) is 10.5. The standard InChI is InChI=1S/C14H10N4/c1-3-7-16-12(5-1)11-9-15-10-18-14(11)13-6-2-4-8-17-13/h1-10H. The SMILES string of the molecule is c1ccc(-c2cncnc2-c2ccccn2)nc1. The van der Waals surface area contributed by atoms with Gasteiger partial charge >= 0.3 is 0 Å². The molecule has 3 aromatic heterocycles. The summed E-state index contributed by atoms with van der Waals surface area (Å²) in [4.78, 5) is 17.0. The Bertz CT molecular complexity index is 580. The molecule has 0 aliphatic heterocycles. The van der Waals surface area contributed by atoms with Crippen LogP contribution in [0.15, 0.2) is 61.3 Å². The zero-order chi connectivity index (χ0) is 12.2. The Morgan fingerprint density at radius 3 is 2.11 bits per heavy atom. The van der Waals surface area contributed by atoms with E-state index in [0.29, 0.717) is 0 Å². The van der Waals surface area contributed by atoms with Crippen LogP contribution in [0, 0.1) is 0 Å². The molecule has 0 saturated heterocycles. The van der Waals surface area contributed by atoms with Crippen molar-refractivity contribution in [1.82, 2.24) is 19.9 Å². The maximum absolute atomic E-state index is 4.33. The average Bonchev–Trinajstić information content (AvgIpc) is 2.49. The van der Waals surface area contributed by atoms with E-state index in [1.54, 1.807) is 18.6 Å². The second-order valence-corrected chi connectivity index (χ2v) is 3.71. The molecule has 3 heterocycles. The van der Waals surface area contributed by atoms with E-state index in [2.05, 4.69) is 19.9 Å². The van der Waals surface area contributed by atoms with Crippen LogP contribution in [0.2, 0.25) is 0 Å². The first-order valence-electron chi connectivity index (χ1n) is 5.58. The quantitative estimate of drug-likeness (QED) is 0.684. The van der Waals surface area contributed by atoms with Gasteiger partial charge in [-0.2, -0.15) is 0 Å². The number of pyridine rings is 2. The van der Waals surface area contributed by atoms with E-state index >= 15 is 0 Å². The van der Waals surface area contributed by atoms with Gasteiger partial charge in [-0.15, -0.1) is 0 Å². The third-order valence-electron chi connectivity index (χ3n) is 2.56. The van der Waals surface area contributed by atoms with Gasteiger partial charge in [-0.3, -0.25) is 9.97 Å². The van der Waals surface area contributed by atoms with Gasteiger partial charge in [-0.1, -0.05) is 12.1 Å². The summed E-state index contributed by atoms with van der Waals surface area (Å²) in [5.74, 6) is 0. The summed E-state index contributed by atoms with van der Waals surface area (Å²) in [7, 11) is 0. The van der Waals surface area contributed by atoms with E-state index in [1.165, 1.54) is 6.33 Å². The molecule has 0 spiro atoms. The van der Waals surface area contributed by atoms with Crippen molar-refractivity contribution >= 4 is 0 Å². The van der Waals surface area contributed by atoms with Crippen LogP contribution in [-0.4, -0.2) is 19.9 Å². The van der Waals surface area contributed by atoms with Gasteiger partial charge < -0.3 is 0 Å². The van der Waals surface area contributed by atoms with Gasteiger partial charge in [0.1, 0.15) is 12.0 Å². The molecule has 0 aliphatic carbocycles. The maximum Gasteiger partial charge on any atom is 0.116 e. The van der Waals surface area contributed by atoms with Crippen molar-refractivity contribution in [2.75, 3.05) is 0 Å². The summed E-state index contributed by atoms with van der Waals surface area (Å²) in [6.07, 6.45) is 6.79. The number of hydrogen-bond donors (Lipinski definition) is 0. The molecule has 0 fully saturated rings. The van der Waals surface area contributed by atoms with E-state index in [0.717, 1.165) is 22.6 Å². The minimum atomic E-state index is 0.796. The molecular formula is C14H10N4. The molecule has 0 bridgehead atoms. The van der Waals surface area contributed by atoms with Crippen LogP contribution in [-0.2, 0) is 0 Å². The Kier molecular flexibility index (Phi) is 2.75. The predicted octanol–water partition coefficient (Wildman–Crippen LogP) is 2.60. The van der Waals surface area contributed by atoms with Gasteiger partial charge in [0.2, 0.25) is 0 Å². The molecule has 0 amide bonds. The lowest BCUT2D eigenvalue weighted by Crippen LogP contribution is -1.93. The van der Waals surface area contributed by atoms with E-state index < -0.39 is 0 Å². The van der Waals surface area contributed by atoms with Gasteiger partial charge in [-0.25, -0.2) is 9.97 Å². The first-order chi connectivity index (χ1) is 8.95.